The van der Waals surface area contributed by atoms with Crippen molar-refractivity contribution < 1.29 is 9.53 Å². The molecule has 0 saturated carbocycles. The predicted molar refractivity (Wildman–Crippen MR) is 70.3 cm³/mol. The Labute approximate surface area is 111 Å². The van der Waals surface area contributed by atoms with E-state index in [0.29, 0.717) is 11.0 Å². The number of nitrogens with two attached hydrogens (primary N) is 1. The van der Waals surface area contributed by atoms with Crippen LogP contribution in [0, 0.1) is 0 Å². The number of aromatic amines is 1. The van der Waals surface area contributed by atoms with Crippen LogP contribution in [0.15, 0.2) is 21.7 Å². The third-order valence-electron chi connectivity index (χ3n) is 2.61. The Morgan fingerprint density at radius 3 is 2.79 bits per heavy atom. The van der Waals surface area contributed by atoms with Crippen molar-refractivity contribution in [1.29, 1.82) is 0 Å². The number of carbonyl (C=O) groups is 1. The van der Waals surface area contributed by atoms with Crippen molar-refractivity contribution in [3.8, 4) is 0 Å². The summed E-state index contributed by atoms with van der Waals surface area (Å²) in [6.45, 7) is -0.379. The molecule has 19 heavy (non-hydrogen) atoms. The van der Waals surface area contributed by atoms with Crippen LogP contribution in [0.1, 0.15) is 0 Å². The number of H-pyrrole nitrogens is 1. The van der Waals surface area contributed by atoms with Gasteiger partial charge in [-0.3, -0.25) is 19.0 Å². The minimum atomic E-state index is -0.862. The first-order valence-electron chi connectivity index (χ1n) is 5.22. The number of anilines is 1. The first-order chi connectivity index (χ1) is 8.93. The van der Waals surface area contributed by atoms with Gasteiger partial charge in [0.15, 0.2) is 0 Å². The molecule has 100 valence electrons. The maximum Gasteiger partial charge on any atom is 0.325 e. The van der Waals surface area contributed by atoms with Crippen molar-refractivity contribution in [1.82, 2.24) is 9.55 Å². The number of nitrogens with one attached hydrogen (secondary N) is 1. The maximum absolute atomic E-state index is 11.8. The van der Waals surface area contributed by atoms with Gasteiger partial charge < -0.3 is 15.5 Å². The van der Waals surface area contributed by atoms with Crippen molar-refractivity contribution in [3.63, 3.8) is 0 Å². The summed E-state index contributed by atoms with van der Waals surface area (Å²) in [5, 5.41) is 0.220. The molecule has 2 aromatic rings. The van der Waals surface area contributed by atoms with Crippen molar-refractivity contribution in [2.24, 2.45) is 0 Å². The average Bonchev–Trinajstić information content (AvgIpc) is 2.37. The molecule has 1 heterocycles. The van der Waals surface area contributed by atoms with Gasteiger partial charge in [0.2, 0.25) is 0 Å². The molecule has 0 bridgehead atoms. The molecule has 0 aliphatic heterocycles. The standard InChI is InChI=1S/C11H10ClN3O4/c1-19-9(16)4-15-8-2-5(12)6(13)3-7(8)14-10(17)11(15)18/h2-3H,4,13H2,1H3,(H,14,17). The van der Waals surface area contributed by atoms with Crippen LogP contribution in [0.2, 0.25) is 5.02 Å². The highest BCUT2D eigenvalue weighted by molar-refractivity contribution is 6.33. The zero-order valence-corrected chi connectivity index (χ0v) is 10.7. The third kappa shape index (κ3) is 2.32. The van der Waals surface area contributed by atoms with Crippen LogP contribution >= 0.6 is 11.6 Å². The summed E-state index contributed by atoms with van der Waals surface area (Å²) in [5.41, 5.74) is 4.78. The van der Waals surface area contributed by atoms with E-state index in [1.54, 1.807) is 0 Å². The van der Waals surface area contributed by atoms with Gasteiger partial charge >= 0.3 is 17.1 Å². The van der Waals surface area contributed by atoms with Gasteiger partial charge in [-0.15, -0.1) is 0 Å². The van der Waals surface area contributed by atoms with Crippen LogP contribution in [0.25, 0.3) is 11.0 Å². The van der Waals surface area contributed by atoms with E-state index >= 15 is 0 Å². The first kappa shape index (κ1) is 13.2. The Bertz CT molecular complexity index is 778. The minimum absolute atomic E-state index is 0.220. The quantitative estimate of drug-likeness (QED) is 0.462. The van der Waals surface area contributed by atoms with Crippen LogP contribution in [0.5, 0.6) is 0 Å². The Morgan fingerprint density at radius 1 is 1.47 bits per heavy atom. The number of esters is 1. The van der Waals surface area contributed by atoms with Gasteiger partial charge in [0, 0.05) is 0 Å². The van der Waals surface area contributed by atoms with E-state index < -0.39 is 17.1 Å². The molecule has 0 spiro atoms. The summed E-state index contributed by atoms with van der Waals surface area (Å²) in [6, 6.07) is 2.83. The van der Waals surface area contributed by atoms with Crippen LogP contribution < -0.4 is 16.9 Å². The second-order valence-corrected chi connectivity index (χ2v) is 4.22. The van der Waals surface area contributed by atoms with Gasteiger partial charge in [0.25, 0.3) is 0 Å². The van der Waals surface area contributed by atoms with Crippen molar-refractivity contribution >= 4 is 34.3 Å². The van der Waals surface area contributed by atoms with Crippen molar-refractivity contribution in [3.05, 3.63) is 37.9 Å². The molecule has 8 heteroatoms. The molecule has 1 aromatic carbocycles. The van der Waals surface area contributed by atoms with Crippen LogP contribution in [-0.4, -0.2) is 22.6 Å². The van der Waals surface area contributed by atoms with E-state index in [0.717, 1.165) is 4.57 Å². The molecule has 0 radical (unpaired) electrons. The van der Waals surface area contributed by atoms with E-state index in [9.17, 15) is 14.4 Å². The number of carbonyl (C=O) groups excluding carboxylic acids is 1. The Balaban J connectivity index is 2.82. The van der Waals surface area contributed by atoms with Crippen molar-refractivity contribution in [2.75, 3.05) is 12.8 Å². The summed E-state index contributed by atoms with van der Waals surface area (Å²) in [6.07, 6.45) is 0. The van der Waals surface area contributed by atoms with Gasteiger partial charge in [-0.25, -0.2) is 0 Å². The monoisotopic (exact) mass is 283 g/mol. The fourth-order valence-corrected chi connectivity index (χ4v) is 1.82. The SMILES string of the molecule is COC(=O)Cn1c(=O)c(=O)[nH]c2cc(N)c(Cl)cc21. The number of aromatic nitrogens is 2. The molecule has 0 amide bonds. The van der Waals surface area contributed by atoms with E-state index in [1.165, 1.54) is 19.2 Å². The topological polar surface area (TPSA) is 107 Å². The molecular formula is C11H10ClN3O4. The maximum atomic E-state index is 11.8. The highest BCUT2D eigenvalue weighted by Gasteiger charge is 2.13. The molecule has 2 rings (SSSR count). The molecule has 0 fully saturated rings. The lowest BCUT2D eigenvalue weighted by atomic mass is 10.2. The zero-order valence-electron chi connectivity index (χ0n) is 9.90. The molecule has 7 nitrogen and oxygen atoms in total. The smallest absolute Gasteiger partial charge is 0.325 e. The number of ether oxygens (including phenoxy) is 1. The molecule has 0 atom stereocenters. The normalized spacial score (nSPS) is 10.6. The fourth-order valence-electron chi connectivity index (χ4n) is 1.66. The number of fused-ring (bicyclic) bond motifs is 1. The molecule has 0 aliphatic carbocycles. The molecule has 0 saturated heterocycles. The number of hydrogen-bond donors (Lipinski definition) is 2. The summed E-state index contributed by atoms with van der Waals surface area (Å²) < 4.78 is 5.47. The summed E-state index contributed by atoms with van der Waals surface area (Å²) >= 11 is 5.87. The lowest BCUT2D eigenvalue weighted by Crippen LogP contribution is -2.38. The number of nitrogen functional groups attached to an aromatic ring is 1. The van der Waals surface area contributed by atoms with Gasteiger partial charge in [0.1, 0.15) is 6.54 Å². The number of benzene rings is 1. The zero-order chi connectivity index (χ0) is 14.2. The summed E-state index contributed by atoms with van der Waals surface area (Å²) in [5.74, 6) is -0.651. The predicted octanol–water partition coefficient (Wildman–Crippen LogP) is 0.0984. The molecule has 0 unspecified atom stereocenters. The van der Waals surface area contributed by atoms with E-state index in [4.69, 9.17) is 17.3 Å². The van der Waals surface area contributed by atoms with Gasteiger partial charge in [-0.05, 0) is 12.1 Å². The molecular weight excluding hydrogens is 274 g/mol. The molecule has 1 aromatic heterocycles. The Hall–Kier alpha value is -2.28. The number of rotatable bonds is 2. The fraction of sp³-hybridized carbons (Fsp3) is 0.182. The second-order valence-electron chi connectivity index (χ2n) is 3.81. The Morgan fingerprint density at radius 2 is 2.16 bits per heavy atom. The first-order valence-corrected chi connectivity index (χ1v) is 5.60. The summed E-state index contributed by atoms with van der Waals surface area (Å²) in [7, 11) is 1.19. The summed E-state index contributed by atoms with van der Waals surface area (Å²) in [4.78, 5) is 36.9. The molecule has 0 aliphatic rings. The number of methoxy groups -OCH3 is 1. The second kappa shape index (κ2) is 4.77. The van der Waals surface area contributed by atoms with Crippen LogP contribution in [-0.2, 0) is 16.1 Å². The number of halogens is 1. The molecule has 3 N–H and O–H groups in total. The average molecular weight is 284 g/mol. The van der Waals surface area contributed by atoms with Gasteiger partial charge in [-0.2, -0.15) is 0 Å². The van der Waals surface area contributed by atoms with Gasteiger partial charge in [-0.1, -0.05) is 11.6 Å². The lowest BCUT2D eigenvalue weighted by Gasteiger charge is -2.09. The van der Waals surface area contributed by atoms with E-state index in [1.807, 2.05) is 0 Å². The number of hydrogen-bond acceptors (Lipinski definition) is 5. The van der Waals surface area contributed by atoms with Crippen LogP contribution in [0.3, 0.4) is 0 Å². The van der Waals surface area contributed by atoms with E-state index in [2.05, 4.69) is 9.72 Å². The van der Waals surface area contributed by atoms with Crippen molar-refractivity contribution in [2.45, 2.75) is 6.54 Å². The minimum Gasteiger partial charge on any atom is -0.468 e. The Kier molecular flexibility index (Phi) is 3.30. The largest absolute Gasteiger partial charge is 0.468 e. The van der Waals surface area contributed by atoms with E-state index in [-0.39, 0.29) is 17.3 Å². The highest BCUT2D eigenvalue weighted by Crippen LogP contribution is 2.23. The highest BCUT2D eigenvalue weighted by atomic mass is 35.5. The third-order valence-corrected chi connectivity index (χ3v) is 2.94. The van der Waals surface area contributed by atoms with Crippen LogP contribution in [0.4, 0.5) is 5.69 Å². The number of nitrogens with zero attached hydrogens (tertiary/aromatic N) is 1. The lowest BCUT2D eigenvalue weighted by molar-refractivity contribution is -0.141. The van der Waals surface area contributed by atoms with Gasteiger partial charge in [0.05, 0.1) is 28.9 Å².